The normalized spacial score (nSPS) is 16.6. The van der Waals surface area contributed by atoms with Crippen LogP contribution in [0.15, 0.2) is 115 Å². The van der Waals surface area contributed by atoms with Crippen LogP contribution in [0.1, 0.15) is 29.2 Å². The monoisotopic (exact) mass is 435 g/mol. The third-order valence-electron chi connectivity index (χ3n) is 7.75. The molecule has 0 bridgehead atoms. The number of para-hydroxylation sites is 1. The van der Waals surface area contributed by atoms with Gasteiger partial charge in [-0.15, -0.1) is 0 Å². The molecule has 0 saturated heterocycles. The maximum absolute atomic E-state index is 2.46. The zero-order valence-corrected chi connectivity index (χ0v) is 19.4. The summed E-state index contributed by atoms with van der Waals surface area (Å²) in [5.41, 5.74) is 11.6. The molecule has 1 aliphatic carbocycles. The standard InChI is InChI=1S/C33H25N/c1-22-16-18-24(19-17-22)34-31-15-9-7-13-26(31)28-20-27-25-12-6-8-14-29(25)33(2,30(27)21-32(28)34)23-10-4-3-5-11-23/h3-21H,1-2H3. The Balaban J connectivity index is 1.63. The van der Waals surface area contributed by atoms with Gasteiger partial charge >= 0.3 is 0 Å². The van der Waals surface area contributed by atoms with E-state index < -0.39 is 0 Å². The lowest BCUT2D eigenvalue weighted by atomic mass is 9.74. The molecule has 34 heavy (non-hydrogen) atoms. The van der Waals surface area contributed by atoms with Gasteiger partial charge in [0.15, 0.2) is 0 Å². The van der Waals surface area contributed by atoms with Crippen molar-refractivity contribution in [3.63, 3.8) is 0 Å². The van der Waals surface area contributed by atoms with Crippen LogP contribution in [0.4, 0.5) is 0 Å². The molecule has 0 aliphatic heterocycles. The van der Waals surface area contributed by atoms with Gasteiger partial charge < -0.3 is 4.57 Å². The van der Waals surface area contributed by atoms with Gasteiger partial charge in [0.1, 0.15) is 0 Å². The van der Waals surface area contributed by atoms with E-state index in [1.807, 2.05) is 0 Å². The van der Waals surface area contributed by atoms with E-state index in [2.05, 4.69) is 134 Å². The summed E-state index contributed by atoms with van der Waals surface area (Å²) in [6.07, 6.45) is 0. The van der Waals surface area contributed by atoms with Crippen molar-refractivity contribution in [3.8, 4) is 16.8 Å². The van der Waals surface area contributed by atoms with E-state index in [1.165, 1.54) is 60.9 Å². The van der Waals surface area contributed by atoms with Crippen LogP contribution in [0.2, 0.25) is 0 Å². The lowest BCUT2D eigenvalue weighted by Crippen LogP contribution is -2.22. The van der Waals surface area contributed by atoms with Gasteiger partial charge in [-0.25, -0.2) is 0 Å². The molecule has 1 heterocycles. The molecule has 1 heteroatoms. The molecule has 0 N–H and O–H groups in total. The van der Waals surface area contributed by atoms with Crippen molar-refractivity contribution < 1.29 is 0 Å². The fourth-order valence-electron chi connectivity index (χ4n) is 6.01. The second kappa shape index (κ2) is 6.95. The average molecular weight is 436 g/mol. The molecule has 0 radical (unpaired) electrons. The summed E-state index contributed by atoms with van der Waals surface area (Å²) >= 11 is 0. The molecule has 0 saturated carbocycles. The number of hydrogen-bond donors (Lipinski definition) is 0. The summed E-state index contributed by atoms with van der Waals surface area (Å²) in [4.78, 5) is 0. The largest absolute Gasteiger partial charge is 0.309 e. The molecule has 0 spiro atoms. The zero-order chi connectivity index (χ0) is 22.9. The molecule has 6 aromatic rings. The molecule has 0 fully saturated rings. The topological polar surface area (TPSA) is 4.93 Å². The van der Waals surface area contributed by atoms with E-state index in [1.54, 1.807) is 0 Å². The minimum absolute atomic E-state index is 0.198. The highest BCUT2D eigenvalue weighted by atomic mass is 15.0. The Hall–Kier alpha value is -4.10. The van der Waals surface area contributed by atoms with Crippen molar-refractivity contribution in [2.45, 2.75) is 19.3 Å². The summed E-state index contributed by atoms with van der Waals surface area (Å²) < 4.78 is 2.43. The minimum atomic E-state index is -0.198. The molecule has 1 unspecified atom stereocenters. The summed E-state index contributed by atoms with van der Waals surface area (Å²) in [6, 6.07) is 42.4. The summed E-state index contributed by atoms with van der Waals surface area (Å²) in [7, 11) is 0. The number of fused-ring (bicyclic) bond motifs is 6. The SMILES string of the molecule is Cc1ccc(-n2c3ccccc3c3cc4c(cc32)C(C)(c2ccccc2)c2ccccc2-4)cc1. The fourth-order valence-corrected chi connectivity index (χ4v) is 6.01. The van der Waals surface area contributed by atoms with E-state index in [4.69, 9.17) is 0 Å². The molecule has 1 atom stereocenters. The molecule has 5 aromatic carbocycles. The molecular weight excluding hydrogens is 410 g/mol. The van der Waals surface area contributed by atoms with Crippen LogP contribution >= 0.6 is 0 Å². The van der Waals surface area contributed by atoms with Gasteiger partial charge in [-0.3, -0.25) is 0 Å². The Kier molecular flexibility index (Phi) is 3.96. The maximum atomic E-state index is 2.46. The van der Waals surface area contributed by atoms with Crippen molar-refractivity contribution >= 4 is 21.8 Å². The molecular formula is C33H25N. The van der Waals surface area contributed by atoms with E-state index >= 15 is 0 Å². The molecule has 0 amide bonds. The van der Waals surface area contributed by atoms with Crippen LogP contribution in [0.5, 0.6) is 0 Å². The van der Waals surface area contributed by atoms with Crippen LogP contribution in [-0.4, -0.2) is 4.57 Å². The first-order chi connectivity index (χ1) is 16.7. The third-order valence-corrected chi connectivity index (χ3v) is 7.75. The predicted octanol–water partition coefficient (Wildman–Crippen LogP) is 8.43. The van der Waals surface area contributed by atoms with Gasteiger partial charge in [0.2, 0.25) is 0 Å². The van der Waals surface area contributed by atoms with Gasteiger partial charge in [-0.2, -0.15) is 0 Å². The Morgan fingerprint density at radius 1 is 0.559 bits per heavy atom. The molecule has 1 nitrogen and oxygen atoms in total. The van der Waals surface area contributed by atoms with E-state index in [0.717, 1.165) is 0 Å². The average Bonchev–Trinajstić information content (AvgIpc) is 3.35. The number of benzene rings is 5. The minimum Gasteiger partial charge on any atom is -0.309 e. The van der Waals surface area contributed by atoms with E-state index in [0.29, 0.717) is 0 Å². The van der Waals surface area contributed by atoms with Crippen LogP contribution in [-0.2, 0) is 5.41 Å². The molecule has 162 valence electrons. The van der Waals surface area contributed by atoms with Crippen LogP contribution < -0.4 is 0 Å². The van der Waals surface area contributed by atoms with Gasteiger partial charge in [-0.05, 0) is 72.0 Å². The van der Waals surface area contributed by atoms with Crippen molar-refractivity contribution in [2.75, 3.05) is 0 Å². The predicted molar refractivity (Wildman–Crippen MR) is 143 cm³/mol. The van der Waals surface area contributed by atoms with E-state index in [9.17, 15) is 0 Å². The van der Waals surface area contributed by atoms with Crippen molar-refractivity contribution in [3.05, 3.63) is 138 Å². The summed E-state index contributed by atoms with van der Waals surface area (Å²) in [5, 5.41) is 2.61. The number of rotatable bonds is 2. The van der Waals surface area contributed by atoms with Crippen molar-refractivity contribution in [2.24, 2.45) is 0 Å². The first kappa shape index (κ1) is 19.4. The summed E-state index contributed by atoms with van der Waals surface area (Å²) in [5.74, 6) is 0. The van der Waals surface area contributed by atoms with Crippen LogP contribution in [0.25, 0.3) is 38.6 Å². The van der Waals surface area contributed by atoms with Gasteiger partial charge in [0, 0.05) is 21.9 Å². The van der Waals surface area contributed by atoms with Crippen LogP contribution in [0.3, 0.4) is 0 Å². The lowest BCUT2D eigenvalue weighted by Gasteiger charge is -2.28. The highest BCUT2D eigenvalue weighted by Crippen LogP contribution is 2.54. The lowest BCUT2D eigenvalue weighted by molar-refractivity contribution is 0.714. The summed E-state index contributed by atoms with van der Waals surface area (Å²) in [6.45, 7) is 4.53. The van der Waals surface area contributed by atoms with Gasteiger partial charge in [0.25, 0.3) is 0 Å². The molecule has 1 aromatic heterocycles. The zero-order valence-electron chi connectivity index (χ0n) is 19.4. The fraction of sp³-hybridized carbons (Fsp3) is 0.0909. The first-order valence-corrected chi connectivity index (χ1v) is 12.0. The Bertz CT molecular complexity index is 1700. The van der Waals surface area contributed by atoms with Crippen molar-refractivity contribution in [1.82, 2.24) is 4.57 Å². The number of nitrogens with zero attached hydrogens (tertiary/aromatic N) is 1. The second-order valence-corrected chi connectivity index (χ2v) is 9.64. The highest BCUT2D eigenvalue weighted by Gasteiger charge is 2.41. The smallest absolute Gasteiger partial charge is 0.0544 e. The Morgan fingerprint density at radius 2 is 1.26 bits per heavy atom. The second-order valence-electron chi connectivity index (χ2n) is 9.64. The highest BCUT2D eigenvalue weighted by molar-refractivity contribution is 6.11. The third kappa shape index (κ3) is 2.50. The maximum Gasteiger partial charge on any atom is 0.0544 e. The Labute approximate surface area is 199 Å². The van der Waals surface area contributed by atoms with Gasteiger partial charge in [0.05, 0.1) is 11.0 Å². The first-order valence-electron chi connectivity index (χ1n) is 12.0. The number of hydrogen-bond acceptors (Lipinski definition) is 0. The van der Waals surface area contributed by atoms with Crippen molar-refractivity contribution in [1.29, 1.82) is 0 Å². The quantitative estimate of drug-likeness (QED) is 0.257. The molecule has 7 rings (SSSR count). The van der Waals surface area contributed by atoms with E-state index in [-0.39, 0.29) is 5.41 Å². The Morgan fingerprint density at radius 3 is 2.09 bits per heavy atom. The number of aryl methyl sites for hydroxylation is 1. The molecule has 1 aliphatic rings. The van der Waals surface area contributed by atoms with Crippen LogP contribution in [0, 0.1) is 6.92 Å². The van der Waals surface area contributed by atoms with Gasteiger partial charge in [-0.1, -0.05) is 90.5 Å². The number of aromatic nitrogens is 1.